The molecule has 1 amide bonds. The zero-order valence-corrected chi connectivity index (χ0v) is 19.7. The molecule has 6 heteroatoms. The number of rotatable bonds is 12. The lowest BCUT2D eigenvalue weighted by atomic mass is 9.85. The number of methoxy groups -OCH3 is 1. The highest BCUT2D eigenvalue weighted by Gasteiger charge is 2.19. The normalized spacial score (nSPS) is 13.4. The molecule has 0 fully saturated rings. The molecule has 30 heavy (non-hydrogen) atoms. The molecule has 0 bridgehead atoms. The molecule has 1 N–H and O–H groups in total. The van der Waals surface area contributed by atoms with Gasteiger partial charge in [0.2, 0.25) is 0 Å². The molecular weight excluding hydrogens is 380 g/mol. The summed E-state index contributed by atoms with van der Waals surface area (Å²) in [6, 6.07) is 7.79. The highest BCUT2D eigenvalue weighted by molar-refractivity contribution is 5.71. The van der Waals surface area contributed by atoms with Crippen LogP contribution in [0, 0.1) is 17.8 Å². The summed E-state index contributed by atoms with van der Waals surface area (Å²) in [6.45, 7) is 10.0. The first-order valence-electron chi connectivity index (χ1n) is 10.9. The van der Waals surface area contributed by atoms with Crippen molar-refractivity contribution in [2.75, 3.05) is 34.3 Å². The van der Waals surface area contributed by atoms with Crippen LogP contribution in [-0.4, -0.2) is 51.3 Å². The summed E-state index contributed by atoms with van der Waals surface area (Å²) in [6.07, 6.45) is 1.66. The number of benzene rings is 1. The summed E-state index contributed by atoms with van der Waals surface area (Å²) < 4.78 is 10.3. The van der Waals surface area contributed by atoms with Gasteiger partial charge in [0.1, 0.15) is 5.75 Å². The van der Waals surface area contributed by atoms with Crippen LogP contribution in [0.25, 0.3) is 0 Å². The predicted molar refractivity (Wildman–Crippen MR) is 121 cm³/mol. The van der Waals surface area contributed by atoms with E-state index in [9.17, 15) is 9.59 Å². The lowest BCUT2D eigenvalue weighted by molar-refractivity contribution is -0.141. The van der Waals surface area contributed by atoms with Crippen molar-refractivity contribution in [2.45, 2.75) is 52.9 Å². The van der Waals surface area contributed by atoms with E-state index < -0.39 is 6.09 Å². The third-order valence-electron chi connectivity index (χ3n) is 5.21. The van der Waals surface area contributed by atoms with Crippen molar-refractivity contribution in [3.05, 3.63) is 29.8 Å². The van der Waals surface area contributed by atoms with Crippen LogP contribution in [0.1, 0.15) is 58.4 Å². The molecule has 1 aromatic carbocycles. The van der Waals surface area contributed by atoms with E-state index in [0.717, 1.165) is 19.4 Å². The molecule has 0 spiro atoms. The fraction of sp³-hybridized carbons (Fsp3) is 0.667. The summed E-state index contributed by atoms with van der Waals surface area (Å²) in [5.41, 5.74) is 1.18. The number of carbonyl (C=O) groups excluding carboxylic acids is 2. The summed E-state index contributed by atoms with van der Waals surface area (Å²) in [5.74, 6) is 1.60. The van der Waals surface area contributed by atoms with Crippen LogP contribution < -0.4 is 10.1 Å². The number of amides is 1. The van der Waals surface area contributed by atoms with E-state index >= 15 is 0 Å². The quantitative estimate of drug-likeness (QED) is 0.497. The maximum Gasteiger partial charge on any atom is 0.412 e. The van der Waals surface area contributed by atoms with Gasteiger partial charge >= 0.3 is 12.1 Å². The van der Waals surface area contributed by atoms with Crippen LogP contribution >= 0.6 is 0 Å². The Bertz CT molecular complexity index is 658. The van der Waals surface area contributed by atoms with Crippen LogP contribution in [0.2, 0.25) is 0 Å². The van der Waals surface area contributed by atoms with Gasteiger partial charge in [0.15, 0.2) is 0 Å². The number of esters is 1. The van der Waals surface area contributed by atoms with Crippen molar-refractivity contribution in [3.63, 3.8) is 0 Å². The molecule has 0 radical (unpaired) electrons. The van der Waals surface area contributed by atoms with E-state index in [0.29, 0.717) is 30.0 Å². The summed E-state index contributed by atoms with van der Waals surface area (Å²) in [4.78, 5) is 26.1. The molecule has 2 atom stereocenters. The smallest absolute Gasteiger partial charge is 0.412 e. The maximum absolute atomic E-state index is 12.3. The number of hydrogen-bond acceptors (Lipinski definition) is 5. The van der Waals surface area contributed by atoms with E-state index in [4.69, 9.17) is 9.47 Å². The first-order chi connectivity index (χ1) is 14.1. The van der Waals surface area contributed by atoms with Crippen molar-refractivity contribution in [1.29, 1.82) is 0 Å². The van der Waals surface area contributed by atoms with Crippen LogP contribution in [-0.2, 0) is 9.53 Å². The van der Waals surface area contributed by atoms with Crippen molar-refractivity contribution < 1.29 is 19.1 Å². The Morgan fingerprint density at radius 2 is 1.83 bits per heavy atom. The molecular formula is C24H40N2O4. The number of ether oxygens (including phenoxy) is 2. The van der Waals surface area contributed by atoms with Crippen LogP contribution in [0.4, 0.5) is 4.79 Å². The lowest BCUT2D eigenvalue weighted by Gasteiger charge is -2.23. The Morgan fingerprint density at radius 3 is 2.40 bits per heavy atom. The van der Waals surface area contributed by atoms with E-state index in [2.05, 4.69) is 58.1 Å². The lowest BCUT2D eigenvalue weighted by Crippen LogP contribution is -2.33. The van der Waals surface area contributed by atoms with Crippen molar-refractivity contribution >= 4 is 12.1 Å². The molecule has 0 saturated heterocycles. The zero-order chi connectivity index (χ0) is 22.7. The Balaban J connectivity index is 2.72. The number of nitrogens with one attached hydrogen (secondary N) is 1. The molecule has 1 aromatic rings. The fourth-order valence-electron chi connectivity index (χ4n) is 3.69. The van der Waals surface area contributed by atoms with Gasteiger partial charge in [0, 0.05) is 6.54 Å². The topological polar surface area (TPSA) is 67.9 Å². The van der Waals surface area contributed by atoms with Crippen LogP contribution in [0.3, 0.4) is 0 Å². The average molecular weight is 421 g/mol. The Morgan fingerprint density at radius 1 is 1.13 bits per heavy atom. The molecule has 0 aliphatic carbocycles. The minimum Gasteiger partial charge on any atom is -0.469 e. The number of hydrogen-bond donors (Lipinski definition) is 1. The van der Waals surface area contributed by atoms with Crippen molar-refractivity contribution in [3.8, 4) is 5.75 Å². The van der Waals surface area contributed by atoms with Gasteiger partial charge in [-0.1, -0.05) is 39.8 Å². The van der Waals surface area contributed by atoms with E-state index in [1.54, 1.807) is 6.07 Å². The summed E-state index contributed by atoms with van der Waals surface area (Å²) in [7, 11) is 5.54. The van der Waals surface area contributed by atoms with E-state index in [1.165, 1.54) is 12.7 Å². The second kappa shape index (κ2) is 13.3. The SMILES string of the molecule is COC(=O)CC(CNC(=O)Oc1cccc([C@@H](CCN(C)C)C(C)C)c1)CC(C)C. The van der Waals surface area contributed by atoms with Gasteiger partial charge in [-0.15, -0.1) is 0 Å². The maximum atomic E-state index is 12.3. The average Bonchev–Trinajstić information content (AvgIpc) is 2.65. The van der Waals surface area contributed by atoms with Crippen molar-refractivity contribution in [1.82, 2.24) is 10.2 Å². The Hall–Kier alpha value is -2.08. The van der Waals surface area contributed by atoms with Gasteiger partial charge in [-0.3, -0.25) is 4.79 Å². The molecule has 1 rings (SSSR count). The standard InChI is InChI=1S/C24H40N2O4/c1-17(2)13-19(14-23(27)29-7)16-25-24(28)30-21-10-8-9-20(15-21)22(18(3)4)11-12-26(5)6/h8-10,15,17-19,22H,11-14,16H2,1-7H3,(H,25,28)/t19?,22-/m0/s1. The number of nitrogens with zero attached hydrogens (tertiary/aromatic N) is 1. The third kappa shape index (κ3) is 10.1. The largest absolute Gasteiger partial charge is 0.469 e. The van der Waals surface area contributed by atoms with Gasteiger partial charge in [-0.05, 0) is 74.8 Å². The molecule has 1 unspecified atom stereocenters. The van der Waals surface area contributed by atoms with Gasteiger partial charge in [0.25, 0.3) is 0 Å². The number of carbonyl (C=O) groups is 2. The predicted octanol–water partition coefficient (Wildman–Crippen LogP) is 4.69. The highest BCUT2D eigenvalue weighted by Crippen LogP contribution is 2.30. The minimum absolute atomic E-state index is 0.0210. The molecule has 0 aliphatic heterocycles. The third-order valence-corrected chi connectivity index (χ3v) is 5.21. The summed E-state index contributed by atoms with van der Waals surface area (Å²) in [5, 5.41) is 2.80. The van der Waals surface area contributed by atoms with Crippen molar-refractivity contribution in [2.24, 2.45) is 17.8 Å². The highest BCUT2D eigenvalue weighted by atomic mass is 16.6. The zero-order valence-electron chi connectivity index (χ0n) is 19.7. The Kier molecular flexibility index (Phi) is 11.5. The Labute approximate surface area is 182 Å². The fourth-order valence-corrected chi connectivity index (χ4v) is 3.69. The van der Waals surface area contributed by atoms with E-state index in [1.807, 2.05) is 12.1 Å². The minimum atomic E-state index is -0.500. The molecule has 6 nitrogen and oxygen atoms in total. The van der Waals surface area contributed by atoms with Gasteiger partial charge in [0.05, 0.1) is 13.5 Å². The van der Waals surface area contributed by atoms with E-state index in [-0.39, 0.29) is 18.3 Å². The van der Waals surface area contributed by atoms with Gasteiger partial charge in [-0.2, -0.15) is 0 Å². The summed E-state index contributed by atoms with van der Waals surface area (Å²) >= 11 is 0. The molecule has 0 saturated carbocycles. The van der Waals surface area contributed by atoms with Crippen LogP contribution in [0.15, 0.2) is 24.3 Å². The first kappa shape index (κ1) is 26.0. The van der Waals surface area contributed by atoms with Crippen LogP contribution in [0.5, 0.6) is 5.75 Å². The molecule has 0 heterocycles. The first-order valence-corrected chi connectivity index (χ1v) is 10.9. The van der Waals surface area contributed by atoms with Gasteiger partial charge in [-0.25, -0.2) is 4.79 Å². The second-order valence-electron chi connectivity index (χ2n) is 9.06. The molecule has 170 valence electrons. The monoisotopic (exact) mass is 420 g/mol. The molecule has 0 aromatic heterocycles. The van der Waals surface area contributed by atoms with Gasteiger partial charge < -0.3 is 19.7 Å². The second-order valence-corrected chi connectivity index (χ2v) is 9.06. The molecule has 0 aliphatic rings.